The molecule has 0 fully saturated rings. The summed E-state index contributed by atoms with van der Waals surface area (Å²) < 4.78 is 7.52. The molecule has 0 amide bonds. The maximum absolute atomic E-state index is 2.49. The molecule has 0 bridgehead atoms. The Labute approximate surface area is 263 Å². The molecule has 0 saturated carbocycles. The highest BCUT2D eigenvalue weighted by Crippen LogP contribution is 2.43. The second-order valence-corrected chi connectivity index (χ2v) is 12.8. The predicted octanol–water partition coefficient (Wildman–Crippen LogP) is 11.9. The predicted molar refractivity (Wildman–Crippen MR) is 193 cm³/mol. The number of thiophene rings is 1. The van der Waals surface area contributed by atoms with E-state index < -0.39 is 0 Å². The molecule has 0 N–H and O–H groups in total. The fourth-order valence-electron chi connectivity index (χ4n) is 7.36. The van der Waals surface area contributed by atoms with E-state index in [4.69, 9.17) is 0 Å². The van der Waals surface area contributed by atoms with E-state index >= 15 is 0 Å². The van der Waals surface area contributed by atoms with Crippen LogP contribution in [0.3, 0.4) is 0 Å². The number of benzene rings is 7. The van der Waals surface area contributed by atoms with Gasteiger partial charge in [-0.25, -0.2) is 0 Å². The van der Waals surface area contributed by atoms with Gasteiger partial charge in [-0.05, 0) is 59.7 Å². The van der Waals surface area contributed by atoms with Crippen LogP contribution in [0.4, 0.5) is 0 Å². The SMILES string of the molecule is c1ccc(-c2ccc3c(c2)sc2cccc(-n4c5ccccc5c5ccc(-n6c7ccccc7c7ccccc76)cc54)c23)cc1. The molecule has 10 aromatic rings. The Morgan fingerprint density at radius 1 is 0.356 bits per heavy atom. The number of hydrogen-bond donors (Lipinski definition) is 0. The van der Waals surface area contributed by atoms with E-state index in [9.17, 15) is 0 Å². The molecule has 0 saturated heterocycles. The van der Waals surface area contributed by atoms with E-state index in [-0.39, 0.29) is 0 Å². The molecule has 0 aliphatic carbocycles. The minimum Gasteiger partial charge on any atom is -0.309 e. The number of nitrogens with zero attached hydrogens (tertiary/aromatic N) is 2. The Balaban J connectivity index is 1.28. The third-order valence-corrected chi connectivity index (χ3v) is 10.4. The van der Waals surface area contributed by atoms with Gasteiger partial charge in [0.25, 0.3) is 0 Å². The summed E-state index contributed by atoms with van der Waals surface area (Å²) in [5.41, 5.74) is 9.77. The maximum Gasteiger partial charge on any atom is 0.0562 e. The van der Waals surface area contributed by atoms with E-state index in [1.54, 1.807) is 0 Å². The molecule has 3 heterocycles. The number of aromatic nitrogens is 2. The Morgan fingerprint density at radius 2 is 0.956 bits per heavy atom. The molecular formula is C42H26N2S. The Kier molecular flexibility index (Phi) is 5.19. The van der Waals surface area contributed by atoms with Gasteiger partial charge in [-0.15, -0.1) is 11.3 Å². The van der Waals surface area contributed by atoms with Crippen molar-refractivity contribution in [3.05, 3.63) is 158 Å². The highest BCUT2D eigenvalue weighted by Gasteiger charge is 2.19. The van der Waals surface area contributed by atoms with E-state index in [1.807, 2.05) is 11.3 Å². The molecule has 210 valence electrons. The molecule has 3 heteroatoms. The van der Waals surface area contributed by atoms with Crippen LogP contribution in [0.5, 0.6) is 0 Å². The summed E-state index contributed by atoms with van der Waals surface area (Å²) in [6, 6.07) is 57.6. The first-order chi connectivity index (χ1) is 22.3. The van der Waals surface area contributed by atoms with Gasteiger partial charge >= 0.3 is 0 Å². The van der Waals surface area contributed by atoms with Crippen molar-refractivity contribution < 1.29 is 0 Å². The van der Waals surface area contributed by atoms with E-state index in [0.29, 0.717) is 0 Å². The molecule has 0 spiro atoms. The average molecular weight is 591 g/mol. The van der Waals surface area contributed by atoms with Crippen LogP contribution in [0.2, 0.25) is 0 Å². The summed E-state index contributed by atoms with van der Waals surface area (Å²) in [4.78, 5) is 0. The summed E-state index contributed by atoms with van der Waals surface area (Å²) in [5, 5.41) is 7.69. The lowest BCUT2D eigenvalue weighted by Gasteiger charge is -2.12. The van der Waals surface area contributed by atoms with E-state index in [1.165, 1.54) is 86.3 Å². The van der Waals surface area contributed by atoms with Crippen molar-refractivity contribution in [2.75, 3.05) is 0 Å². The van der Waals surface area contributed by atoms with Crippen LogP contribution in [0.15, 0.2) is 158 Å². The van der Waals surface area contributed by atoms with Crippen molar-refractivity contribution in [2.45, 2.75) is 0 Å². The number of rotatable bonds is 3. The van der Waals surface area contributed by atoms with Gasteiger partial charge in [0.1, 0.15) is 0 Å². The monoisotopic (exact) mass is 590 g/mol. The van der Waals surface area contributed by atoms with Gasteiger partial charge in [-0.2, -0.15) is 0 Å². The zero-order valence-electron chi connectivity index (χ0n) is 24.3. The molecule has 0 aliphatic rings. The molecule has 0 radical (unpaired) electrons. The second kappa shape index (κ2) is 9.43. The van der Waals surface area contributed by atoms with Gasteiger partial charge in [0.15, 0.2) is 0 Å². The normalized spacial score (nSPS) is 12.0. The van der Waals surface area contributed by atoms with Crippen molar-refractivity contribution >= 4 is 75.1 Å². The molecule has 10 rings (SSSR count). The molecular weight excluding hydrogens is 565 g/mol. The van der Waals surface area contributed by atoms with Crippen LogP contribution in [-0.2, 0) is 0 Å². The highest BCUT2D eigenvalue weighted by molar-refractivity contribution is 7.26. The van der Waals surface area contributed by atoms with Crippen molar-refractivity contribution in [3.8, 4) is 22.5 Å². The van der Waals surface area contributed by atoms with Crippen molar-refractivity contribution in [3.63, 3.8) is 0 Å². The molecule has 2 nitrogen and oxygen atoms in total. The molecule has 45 heavy (non-hydrogen) atoms. The minimum absolute atomic E-state index is 1.17. The second-order valence-electron chi connectivity index (χ2n) is 11.8. The zero-order valence-corrected chi connectivity index (χ0v) is 25.1. The Morgan fingerprint density at radius 3 is 1.67 bits per heavy atom. The van der Waals surface area contributed by atoms with Gasteiger partial charge in [-0.1, -0.05) is 109 Å². The summed E-state index contributed by atoms with van der Waals surface area (Å²) >= 11 is 1.88. The van der Waals surface area contributed by atoms with Crippen molar-refractivity contribution in [1.82, 2.24) is 9.13 Å². The standard InChI is InChI=1S/C42H26N2S/c1-2-11-27(12-3-1)28-21-23-34-41(25-28)45-40-20-10-19-38(42(34)40)44-37-18-9-6-15-32(37)33-24-22-29(26-39(33)44)43-35-16-7-4-13-30(35)31-14-5-8-17-36(31)43/h1-26H. The minimum atomic E-state index is 1.17. The van der Waals surface area contributed by atoms with Crippen LogP contribution in [0.25, 0.3) is 86.3 Å². The fraction of sp³-hybridized carbons (Fsp3) is 0. The van der Waals surface area contributed by atoms with Crippen LogP contribution in [0, 0.1) is 0 Å². The van der Waals surface area contributed by atoms with Crippen LogP contribution >= 0.6 is 11.3 Å². The highest BCUT2D eigenvalue weighted by atomic mass is 32.1. The quantitative estimate of drug-likeness (QED) is 0.194. The summed E-state index contributed by atoms with van der Waals surface area (Å²) in [5.74, 6) is 0. The van der Waals surface area contributed by atoms with Crippen molar-refractivity contribution in [2.24, 2.45) is 0 Å². The molecule has 3 aromatic heterocycles. The lowest BCUT2D eigenvalue weighted by atomic mass is 10.0. The van der Waals surface area contributed by atoms with Gasteiger partial charge in [0, 0.05) is 47.4 Å². The third-order valence-electron chi connectivity index (χ3n) is 9.32. The average Bonchev–Trinajstić information content (AvgIpc) is 3.75. The first-order valence-electron chi connectivity index (χ1n) is 15.4. The lowest BCUT2D eigenvalue weighted by Crippen LogP contribution is -1.97. The Hall–Kier alpha value is -5.64. The lowest BCUT2D eigenvalue weighted by molar-refractivity contribution is 1.16. The topological polar surface area (TPSA) is 9.86 Å². The zero-order chi connectivity index (χ0) is 29.5. The molecule has 0 unspecified atom stereocenters. The first kappa shape index (κ1) is 24.8. The molecule has 7 aromatic carbocycles. The molecule has 0 atom stereocenters. The number of para-hydroxylation sites is 3. The first-order valence-corrected chi connectivity index (χ1v) is 16.2. The molecule has 0 aliphatic heterocycles. The Bertz CT molecular complexity index is 2710. The van der Waals surface area contributed by atoms with Crippen LogP contribution in [0.1, 0.15) is 0 Å². The smallest absolute Gasteiger partial charge is 0.0562 e. The van der Waals surface area contributed by atoms with Crippen LogP contribution in [-0.4, -0.2) is 9.13 Å². The summed E-state index contributed by atoms with van der Waals surface area (Å²) in [7, 11) is 0. The van der Waals surface area contributed by atoms with Crippen molar-refractivity contribution in [1.29, 1.82) is 0 Å². The summed E-state index contributed by atoms with van der Waals surface area (Å²) in [6.45, 7) is 0. The van der Waals surface area contributed by atoms with Gasteiger partial charge in [-0.3, -0.25) is 0 Å². The van der Waals surface area contributed by atoms with E-state index in [2.05, 4.69) is 167 Å². The summed E-state index contributed by atoms with van der Waals surface area (Å²) in [6.07, 6.45) is 0. The fourth-order valence-corrected chi connectivity index (χ4v) is 8.53. The number of hydrogen-bond acceptors (Lipinski definition) is 1. The number of fused-ring (bicyclic) bond motifs is 9. The van der Waals surface area contributed by atoms with Gasteiger partial charge in [0.2, 0.25) is 0 Å². The van der Waals surface area contributed by atoms with Gasteiger partial charge < -0.3 is 9.13 Å². The third kappa shape index (κ3) is 3.56. The van der Waals surface area contributed by atoms with E-state index in [0.717, 1.165) is 0 Å². The van der Waals surface area contributed by atoms with Gasteiger partial charge in [0.05, 0.1) is 27.8 Å². The largest absolute Gasteiger partial charge is 0.309 e. The maximum atomic E-state index is 2.49. The van der Waals surface area contributed by atoms with Crippen LogP contribution < -0.4 is 0 Å².